The van der Waals surface area contributed by atoms with Crippen LogP contribution in [-0.2, 0) is 24.7 Å². The second-order valence-corrected chi connectivity index (χ2v) is 12.8. The van der Waals surface area contributed by atoms with Gasteiger partial charge in [-0.1, -0.05) is 12.1 Å². The van der Waals surface area contributed by atoms with Gasteiger partial charge in [-0.05, 0) is 68.0 Å². The van der Waals surface area contributed by atoms with E-state index in [0.717, 1.165) is 16.7 Å². The van der Waals surface area contributed by atoms with Crippen molar-refractivity contribution in [3.05, 3.63) is 54.1 Å². The zero-order valence-corrected chi connectivity index (χ0v) is 20.8. The van der Waals surface area contributed by atoms with Gasteiger partial charge in [0.15, 0.2) is 9.84 Å². The summed E-state index contributed by atoms with van der Waals surface area (Å²) in [6.45, 7) is 2.43. The van der Waals surface area contributed by atoms with Crippen molar-refractivity contribution in [2.45, 2.75) is 40.5 Å². The number of thioether (sulfide) groups is 1. The molecule has 1 atom stereocenters. The summed E-state index contributed by atoms with van der Waals surface area (Å²) in [5.74, 6) is -0.385. The Morgan fingerprint density at radius 2 is 1.50 bits per heavy atom. The number of hydrogen-bond acceptors (Lipinski definition) is 6. The largest absolute Gasteiger partial charge is 0.349 e. The predicted octanol–water partition coefficient (Wildman–Crippen LogP) is 3.09. The van der Waals surface area contributed by atoms with E-state index < -0.39 is 19.9 Å². The zero-order valence-electron chi connectivity index (χ0n) is 18.3. The van der Waals surface area contributed by atoms with E-state index in [2.05, 4.69) is 5.32 Å². The first kappa shape index (κ1) is 24.8. The van der Waals surface area contributed by atoms with Gasteiger partial charge in [-0.15, -0.1) is 11.8 Å². The van der Waals surface area contributed by atoms with Gasteiger partial charge < -0.3 is 5.32 Å². The van der Waals surface area contributed by atoms with Crippen LogP contribution in [0.25, 0.3) is 0 Å². The molecule has 0 aliphatic carbocycles. The number of benzene rings is 2. The maximum atomic E-state index is 12.9. The number of amides is 1. The molecule has 2 aromatic carbocycles. The van der Waals surface area contributed by atoms with E-state index in [1.54, 1.807) is 48.2 Å². The third-order valence-electron chi connectivity index (χ3n) is 5.69. The highest BCUT2D eigenvalue weighted by Crippen LogP contribution is 2.26. The quantitative estimate of drug-likeness (QED) is 0.591. The molecule has 32 heavy (non-hydrogen) atoms. The molecular weight excluding hydrogens is 468 g/mol. The monoisotopic (exact) mass is 496 g/mol. The lowest BCUT2D eigenvalue weighted by Gasteiger charge is -2.31. The number of sulfonamides is 1. The molecule has 1 unspecified atom stereocenters. The van der Waals surface area contributed by atoms with Crippen molar-refractivity contribution >= 4 is 37.5 Å². The zero-order chi connectivity index (χ0) is 23.5. The molecular formula is C22H28N2O5S3. The summed E-state index contributed by atoms with van der Waals surface area (Å²) in [5, 5.41) is 2.96. The van der Waals surface area contributed by atoms with Gasteiger partial charge in [0.2, 0.25) is 15.9 Å². The van der Waals surface area contributed by atoms with Crippen LogP contribution in [0.5, 0.6) is 0 Å². The molecule has 0 bridgehead atoms. The van der Waals surface area contributed by atoms with Crippen LogP contribution in [0.3, 0.4) is 0 Å². The maximum absolute atomic E-state index is 12.9. The summed E-state index contributed by atoms with van der Waals surface area (Å²) in [7, 11) is -6.84. The van der Waals surface area contributed by atoms with Gasteiger partial charge >= 0.3 is 0 Å². The molecule has 7 nitrogen and oxygen atoms in total. The van der Waals surface area contributed by atoms with Crippen molar-refractivity contribution in [1.29, 1.82) is 0 Å². The minimum atomic E-state index is -3.58. The molecule has 1 fully saturated rings. The molecule has 1 aliphatic rings. The Morgan fingerprint density at radius 1 is 0.969 bits per heavy atom. The fourth-order valence-electron chi connectivity index (χ4n) is 3.67. The smallest absolute Gasteiger partial charge is 0.243 e. The number of rotatable bonds is 7. The van der Waals surface area contributed by atoms with Crippen LogP contribution < -0.4 is 5.32 Å². The standard InChI is InChI=1S/C22H28N2O5S3/c1-16(17-4-8-20(9-5-17)31(3,26)27)23-22(25)18-12-14-24(15-13-18)32(28,29)21-10-6-19(30-2)7-11-21/h4-11,16,18H,12-15H2,1-3H3,(H,23,25). The van der Waals surface area contributed by atoms with Crippen LogP contribution in [0, 0.1) is 5.92 Å². The van der Waals surface area contributed by atoms with Crippen molar-refractivity contribution in [3.63, 3.8) is 0 Å². The lowest BCUT2D eigenvalue weighted by atomic mass is 9.96. The molecule has 3 rings (SSSR count). The lowest BCUT2D eigenvalue weighted by molar-refractivity contribution is -0.126. The van der Waals surface area contributed by atoms with Gasteiger partial charge in [0.05, 0.1) is 15.8 Å². The van der Waals surface area contributed by atoms with Crippen LogP contribution in [-0.4, -0.2) is 52.6 Å². The molecule has 1 N–H and O–H groups in total. The number of nitrogens with one attached hydrogen (secondary N) is 1. The van der Waals surface area contributed by atoms with Crippen molar-refractivity contribution in [1.82, 2.24) is 9.62 Å². The fourth-order valence-corrected chi connectivity index (χ4v) is 6.18. The first-order valence-electron chi connectivity index (χ1n) is 10.3. The highest BCUT2D eigenvalue weighted by atomic mass is 32.2. The van der Waals surface area contributed by atoms with Crippen molar-refractivity contribution < 1.29 is 21.6 Å². The highest BCUT2D eigenvalue weighted by molar-refractivity contribution is 7.98. The molecule has 0 aromatic heterocycles. The van der Waals surface area contributed by atoms with Crippen LogP contribution >= 0.6 is 11.8 Å². The first-order valence-corrected chi connectivity index (χ1v) is 14.8. The van der Waals surface area contributed by atoms with Crippen LogP contribution in [0.15, 0.2) is 63.2 Å². The van der Waals surface area contributed by atoms with E-state index >= 15 is 0 Å². The van der Waals surface area contributed by atoms with Gasteiger partial charge in [-0.25, -0.2) is 16.8 Å². The summed E-state index contributed by atoms with van der Waals surface area (Å²) >= 11 is 1.55. The van der Waals surface area contributed by atoms with Gasteiger partial charge in [0.1, 0.15) is 0 Å². The normalized spacial score (nSPS) is 17.1. The Hall–Kier alpha value is -1.88. The third kappa shape index (κ3) is 5.72. The number of carbonyl (C=O) groups excluding carboxylic acids is 1. The molecule has 1 aliphatic heterocycles. The van der Waals surface area contributed by atoms with Crippen LogP contribution in [0.4, 0.5) is 0 Å². The van der Waals surface area contributed by atoms with E-state index in [1.807, 2.05) is 13.2 Å². The second kappa shape index (κ2) is 9.94. The molecule has 174 valence electrons. The van der Waals surface area contributed by atoms with E-state index in [0.29, 0.717) is 25.9 Å². The Bertz CT molecular complexity index is 1150. The number of piperidine rings is 1. The minimum Gasteiger partial charge on any atom is -0.349 e. The Balaban J connectivity index is 1.57. The maximum Gasteiger partial charge on any atom is 0.243 e. The SMILES string of the molecule is CSc1ccc(S(=O)(=O)N2CCC(C(=O)NC(C)c3ccc(S(C)(=O)=O)cc3)CC2)cc1. The molecule has 10 heteroatoms. The number of hydrogen-bond donors (Lipinski definition) is 1. The molecule has 0 radical (unpaired) electrons. The van der Waals surface area contributed by atoms with Gasteiger partial charge in [0, 0.05) is 30.2 Å². The molecule has 1 saturated heterocycles. The summed E-state index contributed by atoms with van der Waals surface area (Å²) in [6.07, 6.45) is 3.99. The summed E-state index contributed by atoms with van der Waals surface area (Å²) in [5.41, 5.74) is 0.805. The van der Waals surface area contributed by atoms with E-state index in [-0.39, 0.29) is 27.7 Å². The average Bonchev–Trinajstić information content (AvgIpc) is 2.78. The summed E-state index contributed by atoms with van der Waals surface area (Å²) in [6, 6.07) is 13.0. The first-order chi connectivity index (χ1) is 15.0. The van der Waals surface area contributed by atoms with E-state index in [4.69, 9.17) is 0 Å². The summed E-state index contributed by atoms with van der Waals surface area (Å²) in [4.78, 5) is 14.2. The predicted molar refractivity (Wildman–Crippen MR) is 126 cm³/mol. The van der Waals surface area contributed by atoms with Crippen LogP contribution in [0.1, 0.15) is 31.4 Å². The molecule has 0 saturated carbocycles. The fraction of sp³-hybridized carbons (Fsp3) is 0.409. The van der Waals surface area contributed by atoms with Crippen molar-refractivity contribution in [3.8, 4) is 0 Å². The highest BCUT2D eigenvalue weighted by Gasteiger charge is 2.32. The Kier molecular flexibility index (Phi) is 7.69. The minimum absolute atomic E-state index is 0.119. The topological polar surface area (TPSA) is 101 Å². The Morgan fingerprint density at radius 3 is 2.00 bits per heavy atom. The van der Waals surface area contributed by atoms with Crippen LogP contribution in [0.2, 0.25) is 0 Å². The summed E-state index contributed by atoms with van der Waals surface area (Å²) < 4.78 is 50.4. The lowest BCUT2D eigenvalue weighted by Crippen LogP contribution is -2.43. The van der Waals surface area contributed by atoms with Crippen molar-refractivity contribution in [2.75, 3.05) is 25.6 Å². The van der Waals surface area contributed by atoms with Gasteiger partial charge in [0.25, 0.3) is 0 Å². The van der Waals surface area contributed by atoms with Gasteiger partial charge in [-0.3, -0.25) is 4.79 Å². The number of sulfone groups is 1. The number of nitrogens with zero attached hydrogens (tertiary/aromatic N) is 1. The molecule has 1 heterocycles. The Labute approximate surface area is 194 Å². The van der Waals surface area contributed by atoms with Crippen molar-refractivity contribution in [2.24, 2.45) is 5.92 Å². The number of carbonyl (C=O) groups is 1. The molecule has 1 amide bonds. The van der Waals surface area contributed by atoms with E-state index in [9.17, 15) is 21.6 Å². The van der Waals surface area contributed by atoms with Gasteiger partial charge in [-0.2, -0.15) is 4.31 Å². The molecule has 2 aromatic rings. The average molecular weight is 497 g/mol. The molecule has 0 spiro atoms. The van der Waals surface area contributed by atoms with E-state index in [1.165, 1.54) is 16.4 Å². The second-order valence-electron chi connectivity index (χ2n) is 7.93. The third-order valence-corrected chi connectivity index (χ3v) is 9.47.